The smallest absolute Gasteiger partial charge is 0.238 e. The van der Waals surface area contributed by atoms with Gasteiger partial charge in [0.1, 0.15) is 0 Å². The molecule has 0 bridgehead atoms. The lowest BCUT2D eigenvalue weighted by molar-refractivity contribution is -0.129. The van der Waals surface area contributed by atoms with Crippen molar-refractivity contribution in [2.75, 3.05) is 31.6 Å². The molecule has 0 spiro atoms. The summed E-state index contributed by atoms with van der Waals surface area (Å²) >= 11 is 0. The Labute approximate surface area is 154 Å². The van der Waals surface area contributed by atoms with Gasteiger partial charge in [0, 0.05) is 50.3 Å². The highest BCUT2D eigenvalue weighted by molar-refractivity contribution is 7.89. The fourth-order valence-electron chi connectivity index (χ4n) is 3.75. The average Bonchev–Trinajstić information content (AvgIpc) is 3.11. The van der Waals surface area contributed by atoms with E-state index in [2.05, 4.69) is 5.32 Å². The van der Waals surface area contributed by atoms with E-state index in [9.17, 15) is 13.2 Å². The zero-order valence-electron chi connectivity index (χ0n) is 15.1. The molecule has 3 aliphatic heterocycles. The predicted molar refractivity (Wildman–Crippen MR) is 99.2 cm³/mol. The topological polar surface area (TPSA) is 102 Å². The largest absolute Gasteiger partial charge is 0.384 e. The van der Waals surface area contributed by atoms with Gasteiger partial charge in [0.2, 0.25) is 15.9 Å². The maximum atomic E-state index is 11.3. The summed E-state index contributed by atoms with van der Waals surface area (Å²) in [6, 6.07) is 4.91. The Morgan fingerprint density at radius 3 is 2.62 bits per heavy atom. The van der Waals surface area contributed by atoms with Crippen LogP contribution in [0.4, 0.5) is 5.69 Å². The minimum Gasteiger partial charge on any atom is -0.384 e. The highest BCUT2D eigenvalue weighted by Gasteiger charge is 2.35. The number of fused-ring (bicyclic) bond motifs is 3. The fraction of sp³-hybridized carbons (Fsp3) is 0.611. The van der Waals surface area contributed by atoms with Gasteiger partial charge in [-0.1, -0.05) is 0 Å². The number of piperidine rings is 1. The Morgan fingerprint density at radius 2 is 2.00 bits per heavy atom. The van der Waals surface area contributed by atoms with Crippen LogP contribution in [0.25, 0.3) is 0 Å². The summed E-state index contributed by atoms with van der Waals surface area (Å²) in [7, 11) is -3.65. The van der Waals surface area contributed by atoms with Crippen molar-refractivity contribution < 1.29 is 17.9 Å². The molecule has 26 heavy (non-hydrogen) atoms. The average molecular weight is 381 g/mol. The Morgan fingerprint density at radius 1 is 1.27 bits per heavy atom. The number of amides is 1. The molecule has 2 saturated heterocycles. The second kappa shape index (κ2) is 7.94. The first-order valence-corrected chi connectivity index (χ1v) is 10.7. The van der Waals surface area contributed by atoms with Crippen molar-refractivity contribution in [1.29, 1.82) is 0 Å². The minimum absolute atomic E-state index is 0.00736. The van der Waals surface area contributed by atoms with Crippen LogP contribution in [0.15, 0.2) is 23.1 Å². The Balaban J connectivity index is 0.000000185. The Hall–Kier alpha value is -1.64. The van der Waals surface area contributed by atoms with Crippen LogP contribution in [0, 0.1) is 5.92 Å². The number of carbonyl (C=O) groups is 1. The Bertz CT molecular complexity index is 760. The summed E-state index contributed by atoms with van der Waals surface area (Å²) in [6.07, 6.45) is 4.70. The van der Waals surface area contributed by atoms with E-state index in [0.29, 0.717) is 5.92 Å². The van der Waals surface area contributed by atoms with Crippen molar-refractivity contribution in [3.8, 4) is 0 Å². The van der Waals surface area contributed by atoms with Crippen molar-refractivity contribution >= 4 is 21.6 Å². The summed E-state index contributed by atoms with van der Waals surface area (Å²) in [5.41, 5.74) is 1.85. The van der Waals surface area contributed by atoms with Crippen LogP contribution in [0.2, 0.25) is 0 Å². The lowest BCUT2D eigenvalue weighted by Gasteiger charge is -2.28. The van der Waals surface area contributed by atoms with Gasteiger partial charge in [-0.15, -0.1) is 0 Å². The molecule has 0 radical (unpaired) electrons. The molecule has 1 amide bonds. The molecule has 0 saturated carbocycles. The normalized spacial score (nSPS) is 24.6. The standard InChI is InChI=1S/C11H14N2O3S.C7H13NO/c12-17(14,15)8-1-2-10-9(5-8)11-7(6-13-10)3-4-16-11;1-7(9)8-5-3-2-4-6-8/h1-2,5,7,11,13H,3-4,6H2,(H2,12,14,15);2-6H2,1H3. The number of carbonyl (C=O) groups excluding carboxylic acids is 1. The molecule has 7 nitrogen and oxygen atoms in total. The third-order valence-corrected chi connectivity index (χ3v) is 6.14. The summed E-state index contributed by atoms with van der Waals surface area (Å²) in [4.78, 5) is 12.8. The number of nitrogens with one attached hydrogen (secondary N) is 1. The molecule has 144 valence electrons. The highest BCUT2D eigenvalue weighted by atomic mass is 32.2. The van der Waals surface area contributed by atoms with E-state index in [1.54, 1.807) is 19.1 Å². The molecule has 8 heteroatoms. The van der Waals surface area contributed by atoms with E-state index < -0.39 is 10.0 Å². The third kappa shape index (κ3) is 4.36. The first-order valence-electron chi connectivity index (χ1n) is 9.14. The fourth-order valence-corrected chi connectivity index (χ4v) is 4.30. The number of nitrogens with two attached hydrogens (primary N) is 1. The van der Waals surface area contributed by atoms with Crippen molar-refractivity contribution in [1.82, 2.24) is 4.90 Å². The molecule has 3 heterocycles. The summed E-state index contributed by atoms with van der Waals surface area (Å²) in [5, 5.41) is 8.44. The van der Waals surface area contributed by atoms with Crippen LogP contribution in [0.5, 0.6) is 0 Å². The van der Waals surface area contributed by atoms with Crippen LogP contribution >= 0.6 is 0 Å². The van der Waals surface area contributed by atoms with E-state index in [4.69, 9.17) is 9.88 Å². The zero-order valence-corrected chi connectivity index (χ0v) is 15.9. The van der Waals surface area contributed by atoms with Crippen LogP contribution < -0.4 is 10.5 Å². The number of hydrogen-bond donors (Lipinski definition) is 2. The Kier molecular flexibility index (Phi) is 5.84. The van der Waals surface area contributed by atoms with E-state index in [1.807, 2.05) is 4.90 Å². The minimum atomic E-state index is -3.65. The summed E-state index contributed by atoms with van der Waals surface area (Å²) in [6.45, 7) is 5.22. The van der Waals surface area contributed by atoms with Gasteiger partial charge in [0.15, 0.2) is 0 Å². The molecule has 0 aromatic heterocycles. The number of benzene rings is 1. The van der Waals surface area contributed by atoms with Crippen molar-refractivity contribution in [2.45, 2.75) is 43.6 Å². The number of sulfonamides is 1. The van der Waals surface area contributed by atoms with Crippen LogP contribution in [0.1, 0.15) is 44.3 Å². The molecule has 2 unspecified atom stereocenters. The second-order valence-electron chi connectivity index (χ2n) is 7.08. The van der Waals surface area contributed by atoms with Gasteiger partial charge < -0.3 is 15.0 Å². The molecular weight excluding hydrogens is 354 g/mol. The quantitative estimate of drug-likeness (QED) is 0.773. The van der Waals surface area contributed by atoms with E-state index in [-0.39, 0.29) is 16.9 Å². The monoisotopic (exact) mass is 381 g/mol. The number of hydrogen-bond acceptors (Lipinski definition) is 5. The van der Waals surface area contributed by atoms with Crippen molar-refractivity contribution in [3.63, 3.8) is 0 Å². The van der Waals surface area contributed by atoms with Crippen LogP contribution in [-0.4, -0.2) is 45.5 Å². The predicted octanol–water partition coefficient (Wildman–Crippen LogP) is 1.86. The van der Waals surface area contributed by atoms with Crippen molar-refractivity contribution in [3.05, 3.63) is 23.8 Å². The molecule has 1 aromatic carbocycles. The SMILES string of the molecule is CC(=O)N1CCCCC1.NS(=O)(=O)c1ccc2c(c1)C1OCCC1CN2. The van der Waals surface area contributed by atoms with Crippen LogP contribution in [-0.2, 0) is 19.6 Å². The molecule has 3 aliphatic rings. The first-order chi connectivity index (χ1) is 12.4. The number of likely N-dealkylation sites (tertiary alicyclic amines) is 1. The van der Waals surface area contributed by atoms with Gasteiger partial charge in [-0.2, -0.15) is 0 Å². The number of anilines is 1. The van der Waals surface area contributed by atoms with E-state index >= 15 is 0 Å². The highest BCUT2D eigenvalue weighted by Crippen LogP contribution is 2.42. The summed E-state index contributed by atoms with van der Waals surface area (Å²) < 4.78 is 28.3. The number of rotatable bonds is 1. The first kappa shape index (κ1) is 19.1. The van der Waals surface area contributed by atoms with Gasteiger partial charge in [-0.25, -0.2) is 13.6 Å². The van der Waals surface area contributed by atoms with E-state index in [1.165, 1.54) is 25.3 Å². The van der Waals surface area contributed by atoms with Crippen LogP contribution in [0.3, 0.4) is 0 Å². The maximum Gasteiger partial charge on any atom is 0.238 e. The molecule has 3 N–H and O–H groups in total. The molecule has 1 aromatic rings. The zero-order chi connectivity index (χ0) is 18.7. The lowest BCUT2D eigenvalue weighted by Crippen LogP contribution is -2.33. The molecular formula is C18H27N3O4S. The summed E-state index contributed by atoms with van der Waals surface area (Å²) in [5.74, 6) is 0.660. The molecule has 2 fully saturated rings. The number of nitrogens with zero attached hydrogens (tertiary/aromatic N) is 1. The second-order valence-corrected chi connectivity index (χ2v) is 8.64. The van der Waals surface area contributed by atoms with Gasteiger partial charge in [-0.3, -0.25) is 4.79 Å². The molecule has 4 rings (SSSR count). The lowest BCUT2D eigenvalue weighted by atomic mass is 9.91. The van der Waals surface area contributed by atoms with Gasteiger partial charge >= 0.3 is 0 Å². The maximum absolute atomic E-state index is 11.3. The van der Waals surface area contributed by atoms with E-state index in [0.717, 1.165) is 43.9 Å². The third-order valence-electron chi connectivity index (χ3n) is 5.23. The molecule has 2 atom stereocenters. The van der Waals surface area contributed by atoms with Gasteiger partial charge in [0.05, 0.1) is 11.0 Å². The number of primary sulfonamides is 1. The number of ether oxygens (including phenoxy) is 1. The van der Waals surface area contributed by atoms with Gasteiger partial charge in [0.25, 0.3) is 0 Å². The van der Waals surface area contributed by atoms with Crippen molar-refractivity contribution in [2.24, 2.45) is 11.1 Å². The van der Waals surface area contributed by atoms with Gasteiger partial charge in [-0.05, 0) is 43.9 Å². The molecule has 0 aliphatic carbocycles.